The molecule has 0 aliphatic heterocycles. The number of halogens is 3. The molecule has 0 amide bonds. The van der Waals surface area contributed by atoms with Gasteiger partial charge in [-0.25, -0.2) is 0 Å². The molecule has 1 atom stereocenters. The minimum absolute atomic E-state index is 0.0488. The molecule has 0 aliphatic carbocycles. The van der Waals surface area contributed by atoms with Crippen molar-refractivity contribution in [3.05, 3.63) is 35.4 Å². The van der Waals surface area contributed by atoms with E-state index in [0.717, 1.165) is 12.1 Å². The molecule has 0 radical (unpaired) electrons. The lowest BCUT2D eigenvalue weighted by Gasteiger charge is -2.10. The van der Waals surface area contributed by atoms with Crippen LogP contribution in [0.4, 0.5) is 13.2 Å². The van der Waals surface area contributed by atoms with Gasteiger partial charge in [0.1, 0.15) is 0 Å². The van der Waals surface area contributed by atoms with Gasteiger partial charge in [0.2, 0.25) is 0 Å². The monoisotopic (exact) mass is 245 g/mol. The van der Waals surface area contributed by atoms with E-state index in [1.165, 1.54) is 12.1 Å². The fourth-order valence-electron chi connectivity index (χ4n) is 1.33. The summed E-state index contributed by atoms with van der Waals surface area (Å²) >= 11 is 0. The highest BCUT2D eigenvalue weighted by atomic mass is 19.4. The van der Waals surface area contributed by atoms with Crippen molar-refractivity contribution in [3.8, 4) is 0 Å². The highest BCUT2D eigenvalue weighted by Gasteiger charge is 2.29. The Morgan fingerprint density at radius 1 is 1.29 bits per heavy atom. The third-order valence-electron chi connectivity index (χ3n) is 2.58. The standard InChI is InChI=1S/C12H14F3NO/c1-8(16-2)11(17)7-9-3-5-10(6-4-9)12(13,14)15/h3-6,8,16H,7H2,1-2H3. The van der Waals surface area contributed by atoms with E-state index >= 15 is 0 Å². The van der Waals surface area contributed by atoms with E-state index < -0.39 is 11.7 Å². The second-order valence-electron chi connectivity index (χ2n) is 3.85. The van der Waals surface area contributed by atoms with Crippen LogP contribution in [0.15, 0.2) is 24.3 Å². The Morgan fingerprint density at radius 2 is 1.82 bits per heavy atom. The molecule has 1 aromatic carbocycles. The van der Waals surface area contributed by atoms with Gasteiger partial charge in [-0.15, -0.1) is 0 Å². The Morgan fingerprint density at radius 3 is 2.24 bits per heavy atom. The molecule has 1 unspecified atom stereocenters. The predicted octanol–water partition coefficient (Wildman–Crippen LogP) is 2.42. The van der Waals surface area contributed by atoms with Crippen LogP contribution in [0, 0.1) is 0 Å². The Hall–Kier alpha value is -1.36. The molecule has 0 aliphatic rings. The average Bonchev–Trinajstić information content (AvgIpc) is 2.27. The lowest BCUT2D eigenvalue weighted by atomic mass is 10.0. The number of ketones is 1. The summed E-state index contributed by atoms with van der Waals surface area (Å²) in [7, 11) is 1.66. The number of rotatable bonds is 4. The van der Waals surface area contributed by atoms with E-state index in [9.17, 15) is 18.0 Å². The van der Waals surface area contributed by atoms with E-state index in [1.54, 1.807) is 14.0 Å². The zero-order valence-electron chi connectivity index (χ0n) is 9.64. The summed E-state index contributed by atoms with van der Waals surface area (Å²) in [5, 5.41) is 2.79. The maximum absolute atomic E-state index is 12.3. The van der Waals surface area contributed by atoms with Crippen LogP contribution in [-0.2, 0) is 17.4 Å². The van der Waals surface area contributed by atoms with Crippen LogP contribution < -0.4 is 5.32 Å². The van der Waals surface area contributed by atoms with Crippen LogP contribution >= 0.6 is 0 Å². The molecule has 1 N–H and O–H groups in total. The third kappa shape index (κ3) is 3.85. The first kappa shape index (κ1) is 13.7. The second kappa shape index (κ2) is 5.31. The van der Waals surface area contributed by atoms with Gasteiger partial charge in [0.05, 0.1) is 11.6 Å². The van der Waals surface area contributed by atoms with Crippen molar-refractivity contribution in [2.75, 3.05) is 7.05 Å². The Kier molecular flexibility index (Phi) is 4.28. The van der Waals surface area contributed by atoms with Crippen LogP contribution in [0.2, 0.25) is 0 Å². The van der Waals surface area contributed by atoms with Crippen molar-refractivity contribution in [2.24, 2.45) is 0 Å². The molecule has 1 rings (SSSR count). The molecule has 94 valence electrons. The summed E-state index contributed by atoms with van der Waals surface area (Å²) in [5.74, 6) is -0.0488. The highest BCUT2D eigenvalue weighted by molar-refractivity contribution is 5.85. The number of carbonyl (C=O) groups is 1. The molecular formula is C12H14F3NO. The number of hydrogen-bond acceptors (Lipinski definition) is 2. The summed E-state index contributed by atoms with van der Waals surface area (Å²) in [5.41, 5.74) is -0.111. The molecule has 0 aromatic heterocycles. The van der Waals surface area contributed by atoms with Crippen LogP contribution in [0.1, 0.15) is 18.1 Å². The lowest BCUT2D eigenvalue weighted by Crippen LogP contribution is -2.31. The van der Waals surface area contributed by atoms with Crippen LogP contribution in [0.5, 0.6) is 0 Å². The number of likely N-dealkylation sites (N-methyl/N-ethyl adjacent to an activating group) is 1. The molecule has 2 nitrogen and oxygen atoms in total. The van der Waals surface area contributed by atoms with Crippen molar-refractivity contribution >= 4 is 5.78 Å². The van der Waals surface area contributed by atoms with Gasteiger partial charge in [0.25, 0.3) is 0 Å². The van der Waals surface area contributed by atoms with Crippen molar-refractivity contribution in [1.29, 1.82) is 0 Å². The Bertz CT molecular complexity index is 384. The lowest BCUT2D eigenvalue weighted by molar-refractivity contribution is -0.137. The van der Waals surface area contributed by atoms with Crippen molar-refractivity contribution in [3.63, 3.8) is 0 Å². The van der Waals surface area contributed by atoms with E-state index in [4.69, 9.17) is 0 Å². The SMILES string of the molecule is CNC(C)C(=O)Cc1ccc(C(F)(F)F)cc1. The number of benzene rings is 1. The summed E-state index contributed by atoms with van der Waals surface area (Å²) in [6, 6.07) is 4.36. The summed E-state index contributed by atoms with van der Waals surface area (Å²) in [6.45, 7) is 1.71. The van der Waals surface area contributed by atoms with E-state index in [0.29, 0.717) is 5.56 Å². The number of alkyl halides is 3. The van der Waals surface area contributed by atoms with Crippen molar-refractivity contribution in [2.45, 2.75) is 25.6 Å². The Labute approximate surface area is 97.8 Å². The van der Waals surface area contributed by atoms with Gasteiger partial charge < -0.3 is 5.32 Å². The minimum Gasteiger partial charge on any atom is -0.311 e. The first-order valence-corrected chi connectivity index (χ1v) is 5.20. The predicted molar refractivity (Wildman–Crippen MR) is 58.7 cm³/mol. The maximum atomic E-state index is 12.3. The van der Waals surface area contributed by atoms with Gasteiger partial charge >= 0.3 is 6.18 Å². The summed E-state index contributed by atoms with van der Waals surface area (Å²) in [4.78, 5) is 11.5. The fourth-order valence-corrected chi connectivity index (χ4v) is 1.33. The largest absolute Gasteiger partial charge is 0.416 e. The molecule has 0 bridgehead atoms. The van der Waals surface area contributed by atoms with Crippen LogP contribution in [0.25, 0.3) is 0 Å². The molecule has 0 saturated carbocycles. The first-order chi connectivity index (χ1) is 7.84. The molecule has 1 aromatic rings. The normalized spacial score (nSPS) is 13.5. The molecule has 17 heavy (non-hydrogen) atoms. The van der Waals surface area contributed by atoms with Gasteiger partial charge in [0, 0.05) is 6.42 Å². The van der Waals surface area contributed by atoms with Crippen LogP contribution in [-0.4, -0.2) is 18.9 Å². The van der Waals surface area contributed by atoms with Gasteiger partial charge in [-0.05, 0) is 31.7 Å². The Balaban J connectivity index is 2.73. The molecule has 0 heterocycles. The third-order valence-corrected chi connectivity index (χ3v) is 2.58. The van der Waals surface area contributed by atoms with Gasteiger partial charge in [-0.2, -0.15) is 13.2 Å². The number of nitrogens with one attached hydrogen (secondary N) is 1. The zero-order chi connectivity index (χ0) is 13.1. The topological polar surface area (TPSA) is 29.1 Å². The molecular weight excluding hydrogens is 231 g/mol. The van der Waals surface area contributed by atoms with Gasteiger partial charge in [-0.3, -0.25) is 4.79 Å². The van der Waals surface area contributed by atoms with Crippen molar-refractivity contribution in [1.82, 2.24) is 5.32 Å². The fraction of sp³-hybridized carbons (Fsp3) is 0.417. The maximum Gasteiger partial charge on any atom is 0.416 e. The van der Waals surface area contributed by atoms with Gasteiger partial charge in [-0.1, -0.05) is 12.1 Å². The minimum atomic E-state index is -4.33. The second-order valence-corrected chi connectivity index (χ2v) is 3.85. The molecule has 0 saturated heterocycles. The highest BCUT2D eigenvalue weighted by Crippen LogP contribution is 2.29. The number of hydrogen-bond donors (Lipinski definition) is 1. The van der Waals surface area contributed by atoms with E-state index in [1.807, 2.05) is 0 Å². The van der Waals surface area contributed by atoms with Crippen molar-refractivity contribution < 1.29 is 18.0 Å². The van der Waals surface area contributed by atoms with E-state index in [2.05, 4.69) is 5.32 Å². The zero-order valence-corrected chi connectivity index (χ0v) is 9.64. The number of Topliss-reactive ketones (excluding diaryl/α,β-unsaturated/α-hetero) is 1. The molecule has 5 heteroatoms. The quantitative estimate of drug-likeness (QED) is 0.882. The number of carbonyl (C=O) groups excluding carboxylic acids is 1. The van der Waals surface area contributed by atoms with Crippen LogP contribution in [0.3, 0.4) is 0 Å². The molecule has 0 fully saturated rings. The smallest absolute Gasteiger partial charge is 0.311 e. The van der Waals surface area contributed by atoms with E-state index in [-0.39, 0.29) is 18.2 Å². The molecule has 0 spiro atoms. The van der Waals surface area contributed by atoms with Gasteiger partial charge in [0.15, 0.2) is 5.78 Å². The summed E-state index contributed by atoms with van der Waals surface area (Å²) in [6.07, 6.45) is -4.19. The first-order valence-electron chi connectivity index (χ1n) is 5.20. The summed E-state index contributed by atoms with van der Waals surface area (Å²) < 4.78 is 36.9. The average molecular weight is 245 g/mol.